The van der Waals surface area contributed by atoms with Crippen LogP contribution in [0.1, 0.15) is 18.6 Å². The molecule has 0 amide bonds. The number of benzene rings is 1. The zero-order chi connectivity index (χ0) is 19.6. The van der Waals surface area contributed by atoms with Crippen molar-refractivity contribution >= 4 is 29.0 Å². The van der Waals surface area contributed by atoms with Crippen LogP contribution in [0.2, 0.25) is 10.0 Å². The third-order valence-electron chi connectivity index (χ3n) is 3.99. The van der Waals surface area contributed by atoms with E-state index in [0.717, 1.165) is 11.1 Å². The van der Waals surface area contributed by atoms with Crippen LogP contribution in [0.4, 0.5) is 10.2 Å². The van der Waals surface area contributed by atoms with E-state index in [2.05, 4.69) is 9.97 Å². The monoisotopic (exact) mass is 407 g/mol. The molecule has 0 fully saturated rings. The highest BCUT2D eigenvalue weighted by atomic mass is 35.5. The van der Waals surface area contributed by atoms with E-state index >= 15 is 0 Å². The normalized spacial score (nSPS) is 11.9. The van der Waals surface area contributed by atoms with E-state index in [1.165, 1.54) is 12.1 Å². The van der Waals surface area contributed by atoms with E-state index in [9.17, 15) is 4.39 Å². The minimum Gasteiger partial charge on any atom is -0.494 e. The van der Waals surface area contributed by atoms with Crippen molar-refractivity contribution < 1.29 is 13.9 Å². The van der Waals surface area contributed by atoms with Gasteiger partial charge >= 0.3 is 0 Å². The third kappa shape index (κ3) is 3.91. The molecule has 0 saturated carbocycles. The van der Waals surface area contributed by atoms with Crippen LogP contribution in [0.5, 0.6) is 11.5 Å². The fourth-order valence-corrected chi connectivity index (χ4v) is 3.32. The molecule has 3 aromatic rings. The zero-order valence-corrected chi connectivity index (χ0v) is 16.1. The van der Waals surface area contributed by atoms with Crippen LogP contribution in [-0.4, -0.2) is 17.1 Å². The minimum atomic E-state index is -0.653. The summed E-state index contributed by atoms with van der Waals surface area (Å²) in [5, 5.41) is 0.209. The van der Waals surface area contributed by atoms with Crippen LogP contribution in [0.25, 0.3) is 11.1 Å². The van der Waals surface area contributed by atoms with Crippen molar-refractivity contribution in [2.75, 3.05) is 12.8 Å². The second-order valence-corrected chi connectivity index (χ2v) is 6.49. The molecular weight excluding hydrogens is 392 g/mol. The largest absolute Gasteiger partial charge is 0.494 e. The number of nitrogen functional groups attached to an aromatic ring is 1. The van der Waals surface area contributed by atoms with E-state index < -0.39 is 11.9 Å². The Morgan fingerprint density at radius 3 is 2.67 bits per heavy atom. The molecule has 1 aromatic carbocycles. The number of hydrogen-bond donors (Lipinski definition) is 1. The number of hydrogen-bond acceptors (Lipinski definition) is 5. The molecule has 8 heteroatoms. The van der Waals surface area contributed by atoms with Crippen molar-refractivity contribution in [3.8, 4) is 22.6 Å². The molecule has 1 atom stereocenters. The first-order chi connectivity index (χ1) is 12.9. The van der Waals surface area contributed by atoms with Gasteiger partial charge in [0.1, 0.15) is 17.7 Å². The van der Waals surface area contributed by atoms with Gasteiger partial charge in [0.05, 0.1) is 18.3 Å². The lowest BCUT2D eigenvalue weighted by Gasteiger charge is -2.19. The molecule has 5 nitrogen and oxygen atoms in total. The van der Waals surface area contributed by atoms with Gasteiger partial charge in [-0.25, -0.2) is 9.37 Å². The van der Waals surface area contributed by atoms with Gasteiger partial charge in [-0.2, -0.15) is 0 Å². The quantitative estimate of drug-likeness (QED) is 0.579. The molecular formula is C19H16Cl2FN3O2. The Balaban J connectivity index is 1.98. The number of ether oxygens (including phenoxy) is 2. The van der Waals surface area contributed by atoms with Gasteiger partial charge < -0.3 is 15.2 Å². The molecule has 0 aliphatic rings. The van der Waals surface area contributed by atoms with Crippen molar-refractivity contribution in [1.82, 2.24) is 9.97 Å². The summed E-state index contributed by atoms with van der Waals surface area (Å²) in [6.07, 6.45) is 4.19. The van der Waals surface area contributed by atoms with E-state index in [-0.39, 0.29) is 10.8 Å². The lowest BCUT2D eigenvalue weighted by molar-refractivity contribution is 0.227. The van der Waals surface area contributed by atoms with E-state index in [4.69, 9.17) is 38.4 Å². The summed E-state index contributed by atoms with van der Waals surface area (Å²) in [6, 6.07) is 6.14. The standard InChI is InChI=1S/C19H16Cl2FN3O2/c1-10(17-13(20)3-4-14(22)18(17)21)27-15-7-11(8-25-19(15)23)12-5-6-24-9-16(12)26-2/h3-10H,1-2H3,(H2,23,25). The topological polar surface area (TPSA) is 70.3 Å². The lowest BCUT2D eigenvalue weighted by atomic mass is 10.1. The summed E-state index contributed by atoms with van der Waals surface area (Å²) < 4.78 is 25.0. The zero-order valence-electron chi connectivity index (χ0n) is 14.5. The summed E-state index contributed by atoms with van der Waals surface area (Å²) in [5.41, 5.74) is 7.79. The van der Waals surface area contributed by atoms with Crippen molar-refractivity contribution in [3.05, 3.63) is 64.3 Å². The van der Waals surface area contributed by atoms with Gasteiger partial charge in [-0.15, -0.1) is 0 Å². The van der Waals surface area contributed by atoms with Crippen molar-refractivity contribution in [2.24, 2.45) is 0 Å². The maximum absolute atomic E-state index is 13.8. The number of nitrogens with two attached hydrogens (primary N) is 1. The summed E-state index contributed by atoms with van der Waals surface area (Å²) >= 11 is 12.2. The molecule has 140 valence electrons. The Bertz CT molecular complexity index is 985. The number of anilines is 1. The SMILES string of the molecule is COc1cnccc1-c1cnc(N)c(OC(C)c2c(Cl)ccc(F)c2Cl)c1. The highest BCUT2D eigenvalue weighted by Crippen LogP contribution is 2.38. The molecule has 2 N–H and O–H groups in total. The Morgan fingerprint density at radius 2 is 1.93 bits per heavy atom. The van der Waals surface area contributed by atoms with E-state index in [1.807, 2.05) is 0 Å². The molecule has 1 unspecified atom stereocenters. The molecule has 0 bridgehead atoms. The van der Waals surface area contributed by atoms with Crippen LogP contribution < -0.4 is 15.2 Å². The molecule has 0 radical (unpaired) electrons. The average Bonchev–Trinajstić information content (AvgIpc) is 2.67. The Kier molecular flexibility index (Phi) is 5.68. The van der Waals surface area contributed by atoms with Crippen molar-refractivity contribution in [1.29, 1.82) is 0 Å². The van der Waals surface area contributed by atoms with Gasteiger partial charge in [0.25, 0.3) is 0 Å². The molecule has 0 aliphatic heterocycles. The highest BCUT2D eigenvalue weighted by molar-refractivity contribution is 6.36. The van der Waals surface area contributed by atoms with Gasteiger partial charge in [-0.3, -0.25) is 4.98 Å². The number of methoxy groups -OCH3 is 1. The predicted octanol–water partition coefficient (Wildman–Crippen LogP) is 5.32. The van der Waals surface area contributed by atoms with Crippen molar-refractivity contribution in [2.45, 2.75) is 13.0 Å². The van der Waals surface area contributed by atoms with Gasteiger partial charge in [0.2, 0.25) is 0 Å². The Morgan fingerprint density at radius 1 is 1.15 bits per heavy atom. The first-order valence-corrected chi connectivity index (χ1v) is 8.72. The molecule has 0 aliphatic carbocycles. The maximum atomic E-state index is 13.8. The van der Waals surface area contributed by atoms with Crippen LogP contribution >= 0.6 is 23.2 Å². The minimum absolute atomic E-state index is 0.0894. The number of pyridine rings is 2. The average molecular weight is 408 g/mol. The molecule has 2 heterocycles. The van der Waals surface area contributed by atoms with Gasteiger partial charge in [-0.05, 0) is 31.2 Å². The predicted molar refractivity (Wildman–Crippen MR) is 104 cm³/mol. The second-order valence-electron chi connectivity index (χ2n) is 5.70. The molecule has 0 spiro atoms. The molecule has 27 heavy (non-hydrogen) atoms. The first kappa shape index (κ1) is 19.2. The Labute approximate surface area is 165 Å². The van der Waals surface area contributed by atoms with E-state index in [0.29, 0.717) is 22.1 Å². The first-order valence-electron chi connectivity index (χ1n) is 7.96. The lowest BCUT2D eigenvalue weighted by Crippen LogP contribution is -2.08. The number of aromatic nitrogens is 2. The van der Waals surface area contributed by atoms with Crippen LogP contribution in [0.3, 0.4) is 0 Å². The number of nitrogens with zero attached hydrogens (tertiary/aromatic N) is 2. The van der Waals surface area contributed by atoms with Gasteiger partial charge in [0, 0.05) is 34.1 Å². The summed E-state index contributed by atoms with van der Waals surface area (Å²) in [5.74, 6) is 0.504. The molecule has 2 aromatic heterocycles. The van der Waals surface area contributed by atoms with E-state index in [1.54, 1.807) is 44.8 Å². The van der Waals surface area contributed by atoms with Gasteiger partial charge in [-0.1, -0.05) is 23.2 Å². The highest BCUT2D eigenvalue weighted by Gasteiger charge is 2.20. The second kappa shape index (κ2) is 7.98. The van der Waals surface area contributed by atoms with Gasteiger partial charge in [0.15, 0.2) is 11.6 Å². The summed E-state index contributed by atoms with van der Waals surface area (Å²) in [4.78, 5) is 8.21. The van der Waals surface area contributed by atoms with Crippen LogP contribution in [0.15, 0.2) is 42.9 Å². The molecule has 3 rings (SSSR count). The summed E-state index contributed by atoms with van der Waals surface area (Å²) in [7, 11) is 1.55. The smallest absolute Gasteiger partial charge is 0.166 e. The van der Waals surface area contributed by atoms with Crippen LogP contribution in [0, 0.1) is 5.82 Å². The molecule has 0 saturated heterocycles. The maximum Gasteiger partial charge on any atom is 0.166 e. The number of rotatable bonds is 5. The Hall–Kier alpha value is -2.57. The van der Waals surface area contributed by atoms with Crippen molar-refractivity contribution in [3.63, 3.8) is 0 Å². The number of halogens is 3. The third-order valence-corrected chi connectivity index (χ3v) is 4.70. The fourth-order valence-electron chi connectivity index (χ4n) is 2.64. The fraction of sp³-hybridized carbons (Fsp3) is 0.158. The summed E-state index contributed by atoms with van der Waals surface area (Å²) in [6.45, 7) is 1.70. The van der Waals surface area contributed by atoms with Crippen LogP contribution in [-0.2, 0) is 0 Å².